The number of hydrogen-bond acceptors (Lipinski definition) is 2. The molecule has 0 aromatic heterocycles. The van der Waals surface area contributed by atoms with Crippen molar-refractivity contribution in [3.05, 3.63) is 0 Å². The Bertz CT molecular complexity index is 254. The van der Waals surface area contributed by atoms with Crippen molar-refractivity contribution in [2.24, 2.45) is 0 Å². The summed E-state index contributed by atoms with van der Waals surface area (Å²) < 4.78 is 22.3. The van der Waals surface area contributed by atoms with Crippen LogP contribution in [0, 0.1) is 0 Å². The summed E-state index contributed by atoms with van der Waals surface area (Å²) in [7, 11) is -2.74. The molecule has 1 rings (SSSR count). The Kier molecular flexibility index (Phi) is 4.36. The minimum atomic E-state index is -2.74. The lowest BCUT2D eigenvalue weighted by atomic mass is 10.3. The predicted octanol–water partition coefficient (Wildman–Crippen LogP) is 2.57. The van der Waals surface area contributed by atoms with E-state index in [1.165, 1.54) is 0 Å². The molecule has 0 amide bonds. The van der Waals surface area contributed by atoms with E-state index in [2.05, 4.69) is 20.8 Å². The minimum absolute atomic E-state index is 0.247. The smallest absolute Gasteiger partial charge is 0.304 e. The van der Waals surface area contributed by atoms with Crippen molar-refractivity contribution in [2.45, 2.75) is 46.7 Å². The molecule has 0 aliphatic carbocycles. The predicted molar refractivity (Wildman–Crippen MR) is 62.9 cm³/mol. The Balaban J connectivity index is 2.96. The Morgan fingerprint density at radius 2 is 2.00 bits per heavy atom. The second-order valence-corrected chi connectivity index (χ2v) is 6.51. The summed E-state index contributed by atoms with van der Waals surface area (Å²) in [5.41, 5.74) is 0. The van der Waals surface area contributed by atoms with Gasteiger partial charge in [-0.15, -0.1) is 0 Å². The largest absolute Gasteiger partial charge is 0.346 e. The highest BCUT2D eigenvalue weighted by molar-refractivity contribution is 7.54. The van der Waals surface area contributed by atoms with Crippen molar-refractivity contribution in [2.75, 3.05) is 19.7 Å². The fourth-order valence-corrected chi connectivity index (χ4v) is 5.07. The Morgan fingerprint density at radius 3 is 2.40 bits per heavy atom. The van der Waals surface area contributed by atoms with Crippen molar-refractivity contribution in [3.63, 3.8) is 0 Å². The Morgan fingerprint density at radius 1 is 1.47 bits per heavy atom. The molecule has 0 unspecified atom stereocenters. The molecule has 0 N–H and O–H groups in total. The van der Waals surface area contributed by atoms with Crippen molar-refractivity contribution in [1.82, 2.24) is 9.34 Å². The molecule has 0 spiro atoms. The van der Waals surface area contributed by atoms with Crippen LogP contribution in [0.4, 0.5) is 0 Å². The SMILES string of the molecule is CCN(CC)[P@]1(=O)OC[C@H](C)N1C(C)C. The summed E-state index contributed by atoms with van der Waals surface area (Å²) >= 11 is 0. The van der Waals surface area contributed by atoms with Crippen LogP contribution < -0.4 is 0 Å². The van der Waals surface area contributed by atoms with Crippen molar-refractivity contribution in [3.8, 4) is 0 Å². The molecule has 90 valence electrons. The van der Waals surface area contributed by atoms with Gasteiger partial charge in [-0.3, -0.25) is 4.57 Å². The van der Waals surface area contributed by atoms with Crippen LogP contribution in [0.5, 0.6) is 0 Å². The van der Waals surface area contributed by atoms with Gasteiger partial charge in [0.25, 0.3) is 0 Å². The van der Waals surface area contributed by atoms with Gasteiger partial charge in [0.1, 0.15) is 0 Å². The molecule has 1 aliphatic rings. The number of hydrogen-bond donors (Lipinski definition) is 0. The molecule has 1 aliphatic heterocycles. The molecule has 0 radical (unpaired) electrons. The van der Waals surface area contributed by atoms with Crippen LogP contribution >= 0.6 is 7.67 Å². The third kappa shape index (κ3) is 2.28. The van der Waals surface area contributed by atoms with Crippen LogP contribution in [0.2, 0.25) is 0 Å². The van der Waals surface area contributed by atoms with E-state index in [0.717, 1.165) is 13.1 Å². The second-order valence-electron chi connectivity index (χ2n) is 4.25. The summed E-state index contributed by atoms with van der Waals surface area (Å²) in [6.45, 7) is 12.4. The van der Waals surface area contributed by atoms with Crippen LogP contribution in [0.15, 0.2) is 0 Å². The van der Waals surface area contributed by atoms with Gasteiger partial charge in [0, 0.05) is 25.2 Å². The Hall–Kier alpha value is 0.110. The lowest BCUT2D eigenvalue weighted by Gasteiger charge is -2.35. The highest BCUT2D eigenvalue weighted by atomic mass is 31.2. The molecule has 4 nitrogen and oxygen atoms in total. The van der Waals surface area contributed by atoms with Gasteiger partial charge < -0.3 is 4.52 Å². The first-order valence-electron chi connectivity index (χ1n) is 5.76. The van der Waals surface area contributed by atoms with Gasteiger partial charge in [-0.05, 0) is 20.8 Å². The number of rotatable bonds is 4. The molecule has 1 fully saturated rings. The molecule has 0 saturated carbocycles. The quantitative estimate of drug-likeness (QED) is 0.700. The summed E-state index contributed by atoms with van der Waals surface area (Å²) in [4.78, 5) is 0. The lowest BCUT2D eigenvalue weighted by Crippen LogP contribution is -2.37. The molecule has 0 aromatic rings. The third-order valence-corrected chi connectivity index (χ3v) is 6.05. The van der Waals surface area contributed by atoms with E-state index in [1.807, 2.05) is 23.2 Å². The van der Waals surface area contributed by atoms with E-state index in [-0.39, 0.29) is 12.1 Å². The highest BCUT2D eigenvalue weighted by Gasteiger charge is 2.46. The molecule has 0 aromatic carbocycles. The highest BCUT2D eigenvalue weighted by Crippen LogP contribution is 2.60. The van der Waals surface area contributed by atoms with E-state index < -0.39 is 7.67 Å². The van der Waals surface area contributed by atoms with Gasteiger partial charge in [-0.2, -0.15) is 0 Å². The zero-order chi connectivity index (χ0) is 11.6. The normalized spacial score (nSPS) is 33.1. The first-order valence-corrected chi connectivity index (χ1v) is 7.29. The molecule has 2 atom stereocenters. The summed E-state index contributed by atoms with van der Waals surface area (Å²) in [6.07, 6.45) is 0. The average Bonchev–Trinajstić information content (AvgIpc) is 2.45. The maximum absolute atomic E-state index is 12.8. The first kappa shape index (κ1) is 13.2. The molecule has 5 heteroatoms. The van der Waals surface area contributed by atoms with E-state index in [9.17, 15) is 4.57 Å². The van der Waals surface area contributed by atoms with Gasteiger partial charge in [0.2, 0.25) is 0 Å². The van der Waals surface area contributed by atoms with Crippen molar-refractivity contribution >= 4 is 7.67 Å². The Labute approximate surface area is 93.1 Å². The molecular formula is C10H23N2O2P. The third-order valence-electron chi connectivity index (χ3n) is 2.84. The maximum atomic E-state index is 12.8. The second kappa shape index (κ2) is 4.96. The summed E-state index contributed by atoms with van der Waals surface area (Å²) in [6, 6.07) is 0.505. The van der Waals surface area contributed by atoms with Crippen molar-refractivity contribution < 1.29 is 9.09 Å². The van der Waals surface area contributed by atoms with Gasteiger partial charge in [-0.1, -0.05) is 13.8 Å². The fraction of sp³-hybridized carbons (Fsp3) is 1.00. The molecule has 1 saturated heterocycles. The molecule has 15 heavy (non-hydrogen) atoms. The minimum Gasteiger partial charge on any atom is -0.304 e. The van der Waals surface area contributed by atoms with E-state index in [4.69, 9.17) is 4.52 Å². The average molecular weight is 234 g/mol. The van der Waals surface area contributed by atoms with Gasteiger partial charge in [-0.25, -0.2) is 9.34 Å². The standard InChI is InChI=1S/C10H23N2O2P/c1-6-11(7-2)15(13)12(9(3)4)10(5)8-14-15/h9-10H,6-8H2,1-5H3/t10-,15-/m0/s1. The van der Waals surface area contributed by atoms with E-state index >= 15 is 0 Å². The van der Waals surface area contributed by atoms with Crippen molar-refractivity contribution in [1.29, 1.82) is 0 Å². The summed E-state index contributed by atoms with van der Waals surface area (Å²) in [5.74, 6) is 0. The van der Waals surface area contributed by atoms with Crippen LogP contribution in [0.1, 0.15) is 34.6 Å². The lowest BCUT2D eigenvalue weighted by molar-refractivity contribution is 0.281. The van der Waals surface area contributed by atoms with Gasteiger partial charge >= 0.3 is 7.67 Å². The van der Waals surface area contributed by atoms with Gasteiger partial charge in [0.15, 0.2) is 0 Å². The molecular weight excluding hydrogens is 211 g/mol. The monoisotopic (exact) mass is 234 g/mol. The fourth-order valence-electron chi connectivity index (χ4n) is 2.21. The molecule has 1 heterocycles. The topological polar surface area (TPSA) is 32.8 Å². The van der Waals surface area contributed by atoms with Gasteiger partial charge in [0.05, 0.1) is 6.61 Å². The zero-order valence-electron chi connectivity index (χ0n) is 10.4. The zero-order valence-corrected chi connectivity index (χ0v) is 11.3. The van der Waals surface area contributed by atoms with Crippen LogP contribution in [0.3, 0.4) is 0 Å². The maximum Gasteiger partial charge on any atom is 0.346 e. The molecule has 0 bridgehead atoms. The van der Waals surface area contributed by atoms with Crippen LogP contribution in [0.25, 0.3) is 0 Å². The summed E-state index contributed by atoms with van der Waals surface area (Å²) in [5, 5.41) is 0. The number of nitrogens with zero attached hydrogens (tertiary/aromatic N) is 2. The van der Waals surface area contributed by atoms with Crippen LogP contribution in [-0.4, -0.2) is 41.1 Å². The van der Waals surface area contributed by atoms with E-state index in [1.54, 1.807) is 0 Å². The first-order chi connectivity index (χ1) is 6.97. The van der Waals surface area contributed by atoms with Crippen LogP contribution in [-0.2, 0) is 9.09 Å². The van der Waals surface area contributed by atoms with E-state index in [0.29, 0.717) is 6.61 Å².